The summed E-state index contributed by atoms with van der Waals surface area (Å²) in [7, 11) is 0. The summed E-state index contributed by atoms with van der Waals surface area (Å²) in [6, 6.07) is 0. The molecule has 0 bridgehead atoms. The van der Waals surface area contributed by atoms with Gasteiger partial charge in [0.1, 0.15) is 12.8 Å². The Morgan fingerprint density at radius 2 is 1.61 bits per heavy atom. The predicted molar refractivity (Wildman–Crippen MR) is 84.6 cm³/mol. The van der Waals surface area contributed by atoms with E-state index in [0.29, 0.717) is 0 Å². The first-order valence-corrected chi connectivity index (χ1v) is 7.86. The van der Waals surface area contributed by atoms with Gasteiger partial charge in [-0.2, -0.15) is 0 Å². The largest absolute Gasteiger partial charge is 0.466 e. The number of hydrogen-bond acceptors (Lipinski definition) is 6. The van der Waals surface area contributed by atoms with Crippen LogP contribution in [0.4, 0.5) is 0 Å². The van der Waals surface area contributed by atoms with E-state index in [1.807, 2.05) is 26.0 Å². The lowest BCUT2D eigenvalue weighted by Crippen LogP contribution is -2.41. The van der Waals surface area contributed by atoms with Crippen molar-refractivity contribution < 1.29 is 28.5 Å². The fourth-order valence-electron chi connectivity index (χ4n) is 2.23. The molecule has 130 valence electrons. The van der Waals surface area contributed by atoms with Gasteiger partial charge in [-0.15, -0.1) is 0 Å². The average Bonchev–Trinajstić information content (AvgIpc) is 2.62. The first kappa shape index (κ1) is 19.4. The monoisotopic (exact) mass is 326 g/mol. The van der Waals surface area contributed by atoms with Crippen LogP contribution in [0.2, 0.25) is 0 Å². The van der Waals surface area contributed by atoms with Gasteiger partial charge in [-0.1, -0.05) is 12.2 Å². The summed E-state index contributed by atoms with van der Waals surface area (Å²) >= 11 is 0. The number of carbonyl (C=O) groups is 2. The standard InChI is InChI=1S/C17H26O6/c1-5-8-14-12-23-17(22-11-13(14)4,9-15(18)20-6-2)10-16(19)21-7-3/h5,8H,6-7,9-12H2,1-4H3/b8-5-. The molecule has 1 rings (SSSR count). The number of carbonyl (C=O) groups excluding carboxylic acids is 2. The minimum atomic E-state index is -1.36. The van der Waals surface area contributed by atoms with Gasteiger partial charge in [-0.25, -0.2) is 0 Å². The van der Waals surface area contributed by atoms with Gasteiger partial charge >= 0.3 is 11.9 Å². The molecule has 23 heavy (non-hydrogen) atoms. The minimum absolute atomic E-state index is 0.157. The highest BCUT2D eigenvalue weighted by molar-refractivity contribution is 5.74. The number of rotatable bonds is 7. The van der Waals surface area contributed by atoms with Crippen molar-refractivity contribution in [1.29, 1.82) is 0 Å². The van der Waals surface area contributed by atoms with Gasteiger partial charge in [0.25, 0.3) is 0 Å². The third-order valence-corrected chi connectivity index (χ3v) is 3.40. The fraction of sp³-hybridized carbons (Fsp3) is 0.647. The smallest absolute Gasteiger partial charge is 0.311 e. The molecule has 0 aromatic heterocycles. The summed E-state index contributed by atoms with van der Waals surface area (Å²) in [5.74, 6) is -2.30. The molecule has 0 fully saturated rings. The first-order chi connectivity index (χ1) is 11.0. The number of ether oxygens (including phenoxy) is 4. The maximum atomic E-state index is 11.9. The van der Waals surface area contributed by atoms with E-state index in [1.165, 1.54) is 0 Å². The quantitative estimate of drug-likeness (QED) is 0.670. The van der Waals surface area contributed by atoms with Crippen LogP contribution in [0, 0.1) is 0 Å². The van der Waals surface area contributed by atoms with Crippen molar-refractivity contribution in [3.8, 4) is 0 Å². The summed E-state index contributed by atoms with van der Waals surface area (Å²) in [4.78, 5) is 23.8. The Hall–Kier alpha value is -1.66. The molecular weight excluding hydrogens is 300 g/mol. The Bertz CT molecular complexity index is 457. The number of allylic oxidation sites excluding steroid dienone is 1. The lowest BCUT2D eigenvalue weighted by molar-refractivity contribution is -0.236. The molecule has 0 saturated carbocycles. The Morgan fingerprint density at radius 3 is 2.09 bits per heavy atom. The van der Waals surface area contributed by atoms with Gasteiger partial charge in [-0.3, -0.25) is 9.59 Å². The highest BCUT2D eigenvalue weighted by Gasteiger charge is 2.40. The van der Waals surface area contributed by atoms with Crippen molar-refractivity contribution >= 4 is 11.9 Å². The second-order valence-electron chi connectivity index (χ2n) is 5.26. The Labute approximate surface area is 137 Å². The summed E-state index contributed by atoms with van der Waals surface area (Å²) < 4.78 is 21.6. The Balaban J connectivity index is 2.92. The zero-order valence-electron chi connectivity index (χ0n) is 14.3. The SMILES string of the molecule is C/C=C\C1=C(C)COC(CC(=O)OCC)(CC(=O)OCC)OC1. The normalized spacial score (nSPS) is 17.9. The summed E-state index contributed by atoms with van der Waals surface area (Å²) in [5, 5.41) is 0. The van der Waals surface area contributed by atoms with Gasteiger partial charge < -0.3 is 18.9 Å². The van der Waals surface area contributed by atoms with E-state index < -0.39 is 17.7 Å². The third kappa shape index (κ3) is 6.15. The van der Waals surface area contributed by atoms with Crippen molar-refractivity contribution in [1.82, 2.24) is 0 Å². The molecule has 0 aliphatic carbocycles. The Morgan fingerprint density at radius 1 is 1.09 bits per heavy atom. The van der Waals surface area contributed by atoms with Crippen LogP contribution < -0.4 is 0 Å². The van der Waals surface area contributed by atoms with E-state index in [9.17, 15) is 9.59 Å². The molecule has 0 saturated heterocycles. The molecule has 0 aromatic rings. The fourth-order valence-corrected chi connectivity index (χ4v) is 2.23. The molecule has 0 spiro atoms. The molecule has 0 aromatic carbocycles. The molecule has 6 nitrogen and oxygen atoms in total. The molecule has 0 N–H and O–H groups in total. The van der Waals surface area contributed by atoms with Crippen molar-refractivity contribution in [2.45, 2.75) is 46.3 Å². The van der Waals surface area contributed by atoms with Crippen molar-refractivity contribution in [3.63, 3.8) is 0 Å². The maximum Gasteiger partial charge on any atom is 0.311 e. The molecule has 1 aliphatic heterocycles. The van der Waals surface area contributed by atoms with Crippen LogP contribution in [0.1, 0.15) is 40.5 Å². The topological polar surface area (TPSA) is 71.1 Å². The van der Waals surface area contributed by atoms with Crippen molar-refractivity contribution in [3.05, 3.63) is 23.3 Å². The average molecular weight is 326 g/mol. The van der Waals surface area contributed by atoms with Crippen LogP contribution in [0.3, 0.4) is 0 Å². The van der Waals surface area contributed by atoms with Crippen LogP contribution >= 0.6 is 0 Å². The van der Waals surface area contributed by atoms with Gasteiger partial charge in [0, 0.05) is 0 Å². The second kappa shape index (κ2) is 9.47. The molecule has 0 amide bonds. The van der Waals surface area contributed by atoms with Gasteiger partial charge in [0.2, 0.25) is 0 Å². The lowest BCUT2D eigenvalue weighted by Gasteiger charge is -2.30. The number of esters is 2. The lowest BCUT2D eigenvalue weighted by atomic mass is 10.1. The predicted octanol–water partition coefficient (Wildman–Crippen LogP) is 2.53. The van der Waals surface area contributed by atoms with Gasteiger partial charge in [0.05, 0.1) is 26.4 Å². The van der Waals surface area contributed by atoms with Crippen LogP contribution in [-0.2, 0) is 28.5 Å². The van der Waals surface area contributed by atoms with Crippen molar-refractivity contribution in [2.75, 3.05) is 26.4 Å². The van der Waals surface area contributed by atoms with Crippen LogP contribution in [0.15, 0.2) is 23.3 Å². The molecule has 1 heterocycles. The molecule has 0 radical (unpaired) electrons. The zero-order chi connectivity index (χ0) is 17.3. The molecule has 0 unspecified atom stereocenters. The van der Waals surface area contributed by atoms with Gasteiger partial charge in [-0.05, 0) is 38.8 Å². The van der Waals surface area contributed by atoms with Gasteiger partial charge in [0.15, 0.2) is 5.79 Å². The van der Waals surface area contributed by atoms with Crippen LogP contribution in [0.25, 0.3) is 0 Å². The highest BCUT2D eigenvalue weighted by Crippen LogP contribution is 2.29. The molecule has 1 aliphatic rings. The van der Waals surface area contributed by atoms with E-state index in [0.717, 1.165) is 11.1 Å². The second-order valence-corrected chi connectivity index (χ2v) is 5.26. The maximum absolute atomic E-state index is 11.9. The summed E-state index contributed by atoms with van der Waals surface area (Å²) in [5.41, 5.74) is 1.97. The van der Waals surface area contributed by atoms with E-state index in [1.54, 1.807) is 13.8 Å². The van der Waals surface area contributed by atoms with Crippen molar-refractivity contribution in [2.24, 2.45) is 0 Å². The third-order valence-electron chi connectivity index (χ3n) is 3.40. The summed E-state index contributed by atoms with van der Waals surface area (Å²) in [6.07, 6.45) is 3.53. The van der Waals surface area contributed by atoms with Crippen LogP contribution in [0.5, 0.6) is 0 Å². The summed E-state index contributed by atoms with van der Waals surface area (Å²) in [6.45, 7) is 8.35. The molecule has 0 atom stereocenters. The Kier molecular flexibility index (Phi) is 7.98. The van der Waals surface area contributed by atoms with E-state index in [4.69, 9.17) is 18.9 Å². The van der Waals surface area contributed by atoms with E-state index in [2.05, 4.69) is 0 Å². The highest BCUT2D eigenvalue weighted by atomic mass is 16.7. The van der Waals surface area contributed by atoms with E-state index in [-0.39, 0.29) is 39.3 Å². The first-order valence-electron chi connectivity index (χ1n) is 7.86. The zero-order valence-corrected chi connectivity index (χ0v) is 14.3. The van der Waals surface area contributed by atoms with Crippen LogP contribution in [-0.4, -0.2) is 44.2 Å². The molecular formula is C17H26O6. The van der Waals surface area contributed by atoms with E-state index >= 15 is 0 Å². The number of hydrogen-bond donors (Lipinski definition) is 0. The molecule has 6 heteroatoms. The minimum Gasteiger partial charge on any atom is -0.466 e.